The molecule has 0 radical (unpaired) electrons. The molecule has 0 fully saturated rings. The summed E-state index contributed by atoms with van der Waals surface area (Å²) in [5.74, 6) is 0. The molecule has 2 N–H and O–H groups in total. The molecule has 0 aromatic heterocycles. The number of hydrogen-bond donors (Lipinski definition) is 1. The van der Waals surface area contributed by atoms with Gasteiger partial charge in [-0.05, 0) is 37.1 Å². The van der Waals surface area contributed by atoms with Crippen molar-refractivity contribution < 1.29 is 4.92 Å². The molecule has 1 aromatic rings. The molecule has 118 valence electrons. The van der Waals surface area contributed by atoms with Crippen LogP contribution in [0, 0.1) is 15.5 Å². The van der Waals surface area contributed by atoms with E-state index in [1.165, 1.54) is 6.07 Å². The summed E-state index contributed by atoms with van der Waals surface area (Å²) < 4.78 is 0. The Morgan fingerprint density at radius 1 is 1.43 bits per heavy atom. The zero-order valence-corrected chi connectivity index (χ0v) is 13.7. The van der Waals surface area contributed by atoms with Crippen molar-refractivity contribution in [2.24, 2.45) is 11.1 Å². The highest BCUT2D eigenvalue weighted by Gasteiger charge is 2.22. The van der Waals surface area contributed by atoms with Crippen LogP contribution in [0.4, 0.5) is 5.69 Å². The van der Waals surface area contributed by atoms with Gasteiger partial charge in [-0.25, -0.2) is 0 Å². The van der Waals surface area contributed by atoms with E-state index < -0.39 is 0 Å². The average molecular weight is 314 g/mol. The van der Waals surface area contributed by atoms with E-state index in [9.17, 15) is 10.1 Å². The van der Waals surface area contributed by atoms with Gasteiger partial charge >= 0.3 is 0 Å². The number of hydrogen-bond acceptors (Lipinski definition) is 4. The lowest BCUT2D eigenvalue weighted by molar-refractivity contribution is -0.385. The maximum atomic E-state index is 11.2. The predicted octanol–water partition coefficient (Wildman–Crippen LogP) is 3.45. The van der Waals surface area contributed by atoms with Crippen molar-refractivity contribution in [3.63, 3.8) is 0 Å². The minimum Gasteiger partial charge on any atom is -0.330 e. The van der Waals surface area contributed by atoms with Crippen molar-refractivity contribution in [1.82, 2.24) is 4.90 Å². The lowest BCUT2D eigenvalue weighted by Crippen LogP contribution is -2.38. The van der Waals surface area contributed by atoms with E-state index in [4.69, 9.17) is 17.3 Å². The van der Waals surface area contributed by atoms with Gasteiger partial charge < -0.3 is 5.73 Å². The van der Waals surface area contributed by atoms with Gasteiger partial charge in [0.25, 0.3) is 5.69 Å². The van der Waals surface area contributed by atoms with E-state index in [1.54, 1.807) is 12.1 Å². The first-order valence-electron chi connectivity index (χ1n) is 7.14. The van der Waals surface area contributed by atoms with Gasteiger partial charge in [-0.3, -0.25) is 15.0 Å². The molecule has 0 aliphatic heterocycles. The SMILES string of the molecule is CCCN(Cc1ccc(Cl)cc1[N+](=O)[O-])CC(C)(C)CN. The third-order valence-corrected chi connectivity index (χ3v) is 3.62. The van der Waals surface area contributed by atoms with Crippen molar-refractivity contribution >= 4 is 17.3 Å². The third kappa shape index (κ3) is 5.61. The molecule has 0 saturated carbocycles. The van der Waals surface area contributed by atoms with E-state index >= 15 is 0 Å². The number of benzene rings is 1. The number of nitro groups is 1. The molecule has 0 aliphatic carbocycles. The van der Waals surface area contributed by atoms with Crippen LogP contribution in [0.1, 0.15) is 32.8 Å². The van der Waals surface area contributed by atoms with Crippen LogP contribution in [0.25, 0.3) is 0 Å². The van der Waals surface area contributed by atoms with E-state index in [-0.39, 0.29) is 16.0 Å². The maximum Gasteiger partial charge on any atom is 0.275 e. The Kier molecular flexibility index (Phi) is 6.58. The summed E-state index contributed by atoms with van der Waals surface area (Å²) in [6.45, 7) is 9.09. The largest absolute Gasteiger partial charge is 0.330 e. The van der Waals surface area contributed by atoms with Gasteiger partial charge in [0.1, 0.15) is 0 Å². The first-order valence-corrected chi connectivity index (χ1v) is 7.52. The van der Waals surface area contributed by atoms with Gasteiger partial charge in [0, 0.05) is 29.7 Å². The van der Waals surface area contributed by atoms with Crippen LogP contribution in [-0.4, -0.2) is 29.5 Å². The Bertz CT molecular complexity index is 492. The van der Waals surface area contributed by atoms with Crippen LogP contribution in [0.2, 0.25) is 5.02 Å². The first kappa shape index (κ1) is 17.9. The smallest absolute Gasteiger partial charge is 0.275 e. The Balaban J connectivity index is 2.96. The summed E-state index contributed by atoms with van der Waals surface area (Å²) in [5.41, 5.74) is 6.54. The second-order valence-corrected chi connectivity index (χ2v) is 6.55. The molecule has 0 atom stereocenters. The van der Waals surface area contributed by atoms with Crippen molar-refractivity contribution in [2.75, 3.05) is 19.6 Å². The predicted molar refractivity (Wildman–Crippen MR) is 86.5 cm³/mol. The fourth-order valence-corrected chi connectivity index (χ4v) is 2.45. The van der Waals surface area contributed by atoms with E-state index in [0.29, 0.717) is 23.7 Å². The molecular weight excluding hydrogens is 290 g/mol. The van der Waals surface area contributed by atoms with Gasteiger partial charge in [0.15, 0.2) is 0 Å². The summed E-state index contributed by atoms with van der Waals surface area (Å²) >= 11 is 5.85. The molecule has 0 bridgehead atoms. The third-order valence-electron chi connectivity index (χ3n) is 3.38. The number of nitrogens with zero attached hydrogens (tertiary/aromatic N) is 2. The molecule has 5 nitrogen and oxygen atoms in total. The minimum absolute atomic E-state index is 0.0175. The Hall–Kier alpha value is -1.17. The van der Waals surface area contributed by atoms with Crippen LogP contribution in [-0.2, 0) is 6.54 Å². The standard InChI is InChI=1S/C15H24ClN3O2/c1-4-7-18(11-15(2,3)10-17)9-12-5-6-13(16)8-14(12)19(20)21/h5-6,8H,4,7,9-11,17H2,1-3H3. The zero-order valence-electron chi connectivity index (χ0n) is 12.9. The molecule has 1 aromatic carbocycles. The zero-order chi connectivity index (χ0) is 16.0. The highest BCUT2D eigenvalue weighted by Crippen LogP contribution is 2.26. The molecule has 0 spiro atoms. The van der Waals surface area contributed by atoms with E-state index in [2.05, 4.69) is 25.7 Å². The van der Waals surface area contributed by atoms with Crippen LogP contribution >= 0.6 is 11.6 Å². The number of rotatable bonds is 8. The highest BCUT2D eigenvalue weighted by molar-refractivity contribution is 6.30. The van der Waals surface area contributed by atoms with Crippen molar-refractivity contribution in [1.29, 1.82) is 0 Å². The lowest BCUT2D eigenvalue weighted by atomic mass is 9.92. The van der Waals surface area contributed by atoms with Crippen LogP contribution in [0.3, 0.4) is 0 Å². The summed E-state index contributed by atoms with van der Waals surface area (Å²) in [4.78, 5) is 13.0. The summed E-state index contributed by atoms with van der Waals surface area (Å²) in [7, 11) is 0. The lowest BCUT2D eigenvalue weighted by Gasteiger charge is -2.31. The fourth-order valence-electron chi connectivity index (χ4n) is 2.28. The molecular formula is C15H24ClN3O2. The van der Waals surface area contributed by atoms with Crippen molar-refractivity contribution in [3.8, 4) is 0 Å². The quantitative estimate of drug-likeness (QED) is 0.589. The maximum absolute atomic E-state index is 11.2. The fraction of sp³-hybridized carbons (Fsp3) is 0.600. The number of halogens is 1. The summed E-state index contributed by atoms with van der Waals surface area (Å²) in [6, 6.07) is 4.84. The summed E-state index contributed by atoms with van der Waals surface area (Å²) in [5, 5.41) is 11.5. The Labute approximate surface area is 131 Å². The highest BCUT2D eigenvalue weighted by atomic mass is 35.5. The molecule has 0 amide bonds. The van der Waals surface area contributed by atoms with Crippen molar-refractivity contribution in [2.45, 2.75) is 33.7 Å². The van der Waals surface area contributed by atoms with Crippen LogP contribution in [0.5, 0.6) is 0 Å². The van der Waals surface area contributed by atoms with Gasteiger partial charge in [-0.15, -0.1) is 0 Å². The average Bonchev–Trinajstić information content (AvgIpc) is 2.40. The number of nitro benzene ring substituents is 1. The molecule has 6 heteroatoms. The Morgan fingerprint density at radius 3 is 2.62 bits per heavy atom. The number of nitrogens with two attached hydrogens (primary N) is 1. The van der Waals surface area contributed by atoms with Crippen LogP contribution < -0.4 is 5.73 Å². The second kappa shape index (κ2) is 7.73. The molecule has 21 heavy (non-hydrogen) atoms. The first-order chi connectivity index (χ1) is 9.79. The van der Waals surface area contributed by atoms with Gasteiger partial charge in [0.05, 0.1) is 4.92 Å². The molecule has 0 heterocycles. The molecule has 0 saturated heterocycles. The van der Waals surface area contributed by atoms with Gasteiger partial charge in [-0.1, -0.05) is 32.4 Å². The normalized spacial score (nSPS) is 11.9. The minimum atomic E-state index is -0.376. The second-order valence-electron chi connectivity index (χ2n) is 6.11. The molecule has 0 aliphatic rings. The molecule has 0 unspecified atom stereocenters. The summed E-state index contributed by atoms with van der Waals surface area (Å²) in [6.07, 6.45) is 0.988. The topological polar surface area (TPSA) is 72.4 Å². The molecule has 1 rings (SSSR count). The van der Waals surface area contributed by atoms with Crippen molar-refractivity contribution in [3.05, 3.63) is 38.9 Å². The van der Waals surface area contributed by atoms with E-state index in [0.717, 1.165) is 19.5 Å². The van der Waals surface area contributed by atoms with Gasteiger partial charge in [-0.2, -0.15) is 0 Å². The van der Waals surface area contributed by atoms with Crippen LogP contribution in [0.15, 0.2) is 18.2 Å². The Morgan fingerprint density at radius 2 is 2.10 bits per heavy atom. The monoisotopic (exact) mass is 313 g/mol. The van der Waals surface area contributed by atoms with Gasteiger partial charge in [0.2, 0.25) is 0 Å². The van der Waals surface area contributed by atoms with E-state index in [1.807, 2.05) is 0 Å².